The average molecular weight is 543 g/mol. The van der Waals surface area contributed by atoms with Crippen LogP contribution >= 0.6 is 35.3 Å². The summed E-state index contributed by atoms with van der Waals surface area (Å²) in [5.41, 5.74) is 2.40. The average Bonchev–Trinajstić information content (AvgIpc) is 3.25. The second-order valence-electron chi connectivity index (χ2n) is 7.62. The van der Waals surface area contributed by atoms with Crippen LogP contribution in [0.25, 0.3) is 0 Å². The topological polar surface area (TPSA) is 48.9 Å². The van der Waals surface area contributed by atoms with E-state index in [4.69, 9.17) is 9.73 Å². The van der Waals surface area contributed by atoms with E-state index in [1.54, 1.807) is 7.11 Å². The van der Waals surface area contributed by atoms with E-state index in [9.17, 15) is 0 Å². The van der Waals surface area contributed by atoms with E-state index in [1.165, 1.54) is 35.4 Å². The lowest BCUT2D eigenvalue weighted by Crippen LogP contribution is -2.44. The highest BCUT2D eigenvalue weighted by molar-refractivity contribution is 14.0. The Kier molecular flexibility index (Phi) is 11.1. The van der Waals surface area contributed by atoms with Crippen molar-refractivity contribution >= 4 is 41.3 Å². The number of nitrogens with one attached hydrogen (secondary N) is 2. The van der Waals surface area contributed by atoms with Crippen LogP contribution in [0.1, 0.15) is 41.8 Å². The lowest BCUT2D eigenvalue weighted by Gasteiger charge is -2.39. The van der Waals surface area contributed by atoms with Crippen molar-refractivity contribution in [1.29, 1.82) is 0 Å². The summed E-state index contributed by atoms with van der Waals surface area (Å²) in [7, 11) is 3.99. The number of halogens is 1. The van der Waals surface area contributed by atoms with Crippen molar-refractivity contribution in [2.24, 2.45) is 10.9 Å². The second-order valence-corrected chi connectivity index (χ2v) is 8.60. The van der Waals surface area contributed by atoms with Crippen molar-refractivity contribution in [3.05, 3.63) is 57.8 Å². The van der Waals surface area contributed by atoms with Gasteiger partial charge in [0.2, 0.25) is 0 Å². The van der Waals surface area contributed by atoms with E-state index in [1.807, 2.05) is 11.3 Å². The van der Waals surface area contributed by atoms with Crippen LogP contribution in [-0.4, -0.2) is 44.7 Å². The Labute approximate surface area is 202 Å². The lowest BCUT2D eigenvalue weighted by atomic mass is 9.88. The van der Waals surface area contributed by atoms with Gasteiger partial charge < -0.3 is 15.4 Å². The first-order valence-corrected chi connectivity index (χ1v) is 11.4. The van der Waals surface area contributed by atoms with Gasteiger partial charge in [-0.15, -0.1) is 35.3 Å². The minimum Gasteiger partial charge on any atom is -0.380 e. The molecule has 0 saturated carbocycles. The van der Waals surface area contributed by atoms with Gasteiger partial charge in [0.25, 0.3) is 0 Å². The minimum absolute atomic E-state index is 0. The molecule has 1 aromatic heterocycles. The van der Waals surface area contributed by atoms with Crippen molar-refractivity contribution < 1.29 is 4.74 Å². The molecule has 2 aromatic rings. The smallest absolute Gasteiger partial charge is 0.191 e. The Morgan fingerprint density at radius 1 is 1.20 bits per heavy atom. The summed E-state index contributed by atoms with van der Waals surface area (Å²) in [6.07, 6.45) is 2.50. The number of methoxy groups -OCH3 is 1. The molecule has 0 aliphatic carbocycles. The van der Waals surface area contributed by atoms with Gasteiger partial charge in [-0.1, -0.05) is 30.3 Å². The first-order chi connectivity index (χ1) is 14.2. The van der Waals surface area contributed by atoms with Crippen LogP contribution in [0.2, 0.25) is 0 Å². The summed E-state index contributed by atoms with van der Waals surface area (Å²) in [6.45, 7) is 6.33. The fraction of sp³-hybridized carbons (Fsp3) is 0.522. The van der Waals surface area contributed by atoms with Crippen LogP contribution < -0.4 is 10.6 Å². The van der Waals surface area contributed by atoms with Gasteiger partial charge in [0, 0.05) is 31.1 Å². The molecule has 0 bridgehead atoms. The molecule has 2 heterocycles. The monoisotopic (exact) mass is 542 g/mol. The number of ether oxygens (including phenoxy) is 1. The summed E-state index contributed by atoms with van der Waals surface area (Å²) in [6, 6.07) is 13.3. The van der Waals surface area contributed by atoms with E-state index in [-0.39, 0.29) is 24.0 Å². The highest BCUT2D eigenvalue weighted by Crippen LogP contribution is 2.36. The lowest BCUT2D eigenvalue weighted by molar-refractivity contribution is 0.125. The number of benzene rings is 1. The number of likely N-dealkylation sites (tertiary alicyclic amines) is 1. The third-order valence-corrected chi connectivity index (χ3v) is 6.49. The Balaban J connectivity index is 0.00000320. The Morgan fingerprint density at radius 3 is 2.70 bits per heavy atom. The van der Waals surface area contributed by atoms with E-state index in [0.717, 1.165) is 19.0 Å². The number of aliphatic imine (C=N–C) groups is 1. The number of guanidine groups is 1. The summed E-state index contributed by atoms with van der Waals surface area (Å²) < 4.78 is 5.32. The van der Waals surface area contributed by atoms with Crippen LogP contribution in [0, 0.1) is 5.92 Å². The molecule has 166 valence electrons. The number of hydrogen-bond donors (Lipinski definition) is 2. The van der Waals surface area contributed by atoms with Crippen molar-refractivity contribution in [3.8, 4) is 0 Å². The SMILES string of the molecule is CCNC(=NCc1ccccc1COC)NCC1CCCN(C)C1c1cccs1.I. The van der Waals surface area contributed by atoms with Crippen molar-refractivity contribution in [2.75, 3.05) is 33.8 Å². The summed E-state index contributed by atoms with van der Waals surface area (Å²) in [5, 5.41) is 9.20. The summed E-state index contributed by atoms with van der Waals surface area (Å²) in [5.74, 6) is 1.47. The fourth-order valence-corrected chi connectivity index (χ4v) is 5.11. The fourth-order valence-electron chi connectivity index (χ4n) is 4.12. The Morgan fingerprint density at radius 2 is 2.00 bits per heavy atom. The van der Waals surface area contributed by atoms with E-state index in [2.05, 4.69) is 71.3 Å². The molecule has 0 spiro atoms. The molecule has 2 atom stereocenters. The highest BCUT2D eigenvalue weighted by Gasteiger charge is 2.31. The van der Waals surface area contributed by atoms with Crippen LogP contribution in [0.3, 0.4) is 0 Å². The first-order valence-electron chi connectivity index (χ1n) is 10.5. The Bertz CT molecular complexity index is 768. The molecule has 2 N–H and O–H groups in total. The minimum atomic E-state index is 0. The quantitative estimate of drug-likeness (QED) is 0.290. The van der Waals surface area contributed by atoms with Crippen LogP contribution in [0.4, 0.5) is 0 Å². The van der Waals surface area contributed by atoms with Crippen molar-refractivity contribution in [2.45, 2.75) is 39.0 Å². The zero-order chi connectivity index (χ0) is 20.5. The first kappa shape index (κ1) is 25.1. The highest BCUT2D eigenvalue weighted by atomic mass is 127. The van der Waals surface area contributed by atoms with Crippen LogP contribution in [-0.2, 0) is 17.9 Å². The number of thiophene rings is 1. The van der Waals surface area contributed by atoms with Gasteiger partial charge >= 0.3 is 0 Å². The second kappa shape index (κ2) is 13.3. The molecule has 2 unspecified atom stereocenters. The van der Waals surface area contributed by atoms with Gasteiger partial charge in [-0.25, -0.2) is 4.99 Å². The third-order valence-electron chi connectivity index (χ3n) is 5.54. The van der Waals surface area contributed by atoms with E-state index >= 15 is 0 Å². The maximum Gasteiger partial charge on any atom is 0.191 e. The predicted molar refractivity (Wildman–Crippen MR) is 138 cm³/mol. The zero-order valence-corrected chi connectivity index (χ0v) is 21.4. The molecule has 1 saturated heterocycles. The molecule has 7 heteroatoms. The van der Waals surface area contributed by atoms with E-state index < -0.39 is 0 Å². The summed E-state index contributed by atoms with van der Waals surface area (Å²) >= 11 is 1.87. The number of hydrogen-bond acceptors (Lipinski definition) is 4. The molecule has 30 heavy (non-hydrogen) atoms. The van der Waals surface area contributed by atoms with E-state index in [0.29, 0.717) is 25.1 Å². The number of nitrogens with zero attached hydrogens (tertiary/aromatic N) is 2. The molecule has 1 aliphatic heterocycles. The number of rotatable bonds is 8. The molecule has 1 fully saturated rings. The maximum atomic E-state index is 5.32. The van der Waals surface area contributed by atoms with Gasteiger partial charge in [0.05, 0.1) is 13.2 Å². The molecular weight excluding hydrogens is 507 g/mol. The van der Waals surface area contributed by atoms with Gasteiger partial charge in [-0.2, -0.15) is 0 Å². The molecule has 1 aromatic carbocycles. The zero-order valence-electron chi connectivity index (χ0n) is 18.3. The molecule has 0 amide bonds. The predicted octanol–water partition coefficient (Wildman–Crippen LogP) is 4.65. The maximum absolute atomic E-state index is 5.32. The standard InChI is InChI=1S/C23H34N4OS.HI/c1-4-24-23(25-15-18-9-5-6-10-20(18)17-28-3)26-16-19-11-7-13-27(2)22(19)21-12-8-14-29-21;/h5-6,8-10,12,14,19,22H,4,7,11,13,15-17H2,1-3H3,(H2,24,25,26);1H. The number of piperidine rings is 1. The largest absolute Gasteiger partial charge is 0.380 e. The van der Waals surface area contributed by atoms with Crippen molar-refractivity contribution in [3.63, 3.8) is 0 Å². The molecule has 5 nitrogen and oxygen atoms in total. The van der Waals surface area contributed by atoms with Crippen LogP contribution in [0.15, 0.2) is 46.8 Å². The van der Waals surface area contributed by atoms with Gasteiger partial charge in [-0.3, -0.25) is 4.90 Å². The Hall–Kier alpha value is -1.16. The van der Waals surface area contributed by atoms with Gasteiger partial charge in [0.1, 0.15) is 0 Å². The molecule has 0 radical (unpaired) electrons. The summed E-state index contributed by atoms with van der Waals surface area (Å²) in [4.78, 5) is 8.82. The third kappa shape index (κ3) is 6.93. The van der Waals surface area contributed by atoms with Crippen LogP contribution in [0.5, 0.6) is 0 Å². The molecule has 1 aliphatic rings. The van der Waals surface area contributed by atoms with Crippen molar-refractivity contribution in [1.82, 2.24) is 15.5 Å². The van der Waals surface area contributed by atoms with Gasteiger partial charge in [-0.05, 0) is 61.8 Å². The molecular formula is C23H35IN4OS. The molecule has 3 rings (SSSR count). The normalized spacial score (nSPS) is 19.9. The van der Waals surface area contributed by atoms with Gasteiger partial charge in [0.15, 0.2) is 5.96 Å².